The summed E-state index contributed by atoms with van der Waals surface area (Å²) in [5, 5.41) is 0. The van der Waals surface area contributed by atoms with E-state index in [0.717, 1.165) is 35.4 Å². The van der Waals surface area contributed by atoms with Gasteiger partial charge in [0.1, 0.15) is 11.6 Å². The molecule has 1 heterocycles. The smallest absolute Gasteiger partial charge is 0.165 e. The number of nitrogens with two attached hydrogens (primary N) is 1. The Morgan fingerprint density at radius 2 is 2.00 bits per heavy atom. The summed E-state index contributed by atoms with van der Waals surface area (Å²) in [5.41, 5.74) is 8.83. The molecule has 0 saturated carbocycles. The normalized spacial score (nSPS) is 10.5. The Morgan fingerprint density at radius 3 is 2.68 bits per heavy atom. The highest BCUT2D eigenvalue weighted by Gasteiger charge is 2.10. The van der Waals surface area contributed by atoms with Crippen molar-refractivity contribution in [3.05, 3.63) is 35.5 Å². The maximum atomic E-state index is 5.86. The maximum Gasteiger partial charge on any atom is 0.165 e. The van der Waals surface area contributed by atoms with Crippen molar-refractivity contribution >= 4 is 5.82 Å². The van der Waals surface area contributed by atoms with E-state index in [1.807, 2.05) is 31.2 Å². The molecular weight excluding hydrogens is 238 g/mol. The summed E-state index contributed by atoms with van der Waals surface area (Å²) < 4.78 is 5.40. The van der Waals surface area contributed by atoms with Gasteiger partial charge in [-0.2, -0.15) is 0 Å². The van der Waals surface area contributed by atoms with Gasteiger partial charge in [0, 0.05) is 11.8 Å². The predicted molar refractivity (Wildman–Crippen MR) is 77.2 cm³/mol. The van der Waals surface area contributed by atoms with Gasteiger partial charge >= 0.3 is 0 Å². The van der Waals surface area contributed by atoms with Gasteiger partial charge < -0.3 is 10.5 Å². The minimum atomic E-state index is 0.496. The van der Waals surface area contributed by atoms with E-state index in [9.17, 15) is 0 Å². The van der Waals surface area contributed by atoms with E-state index in [1.54, 1.807) is 7.11 Å². The molecule has 0 radical (unpaired) electrons. The van der Waals surface area contributed by atoms with Gasteiger partial charge in [-0.05, 0) is 31.0 Å². The van der Waals surface area contributed by atoms with E-state index in [1.165, 1.54) is 0 Å². The Hall–Kier alpha value is -2.10. The molecule has 0 fully saturated rings. The molecule has 0 atom stereocenters. The van der Waals surface area contributed by atoms with Crippen molar-refractivity contribution in [3.63, 3.8) is 0 Å². The lowest BCUT2D eigenvalue weighted by Crippen LogP contribution is -2.01. The molecule has 0 spiro atoms. The third-order valence-electron chi connectivity index (χ3n) is 2.90. The average Bonchev–Trinajstić information content (AvgIpc) is 2.38. The number of anilines is 1. The minimum absolute atomic E-state index is 0.496. The molecule has 0 saturated heterocycles. The quantitative estimate of drug-likeness (QED) is 0.914. The lowest BCUT2D eigenvalue weighted by atomic mass is 10.1. The highest BCUT2D eigenvalue weighted by Crippen LogP contribution is 2.29. The van der Waals surface area contributed by atoms with E-state index in [2.05, 4.69) is 16.9 Å². The largest absolute Gasteiger partial charge is 0.496 e. The molecule has 0 unspecified atom stereocenters. The van der Waals surface area contributed by atoms with Gasteiger partial charge in [0.2, 0.25) is 0 Å². The van der Waals surface area contributed by atoms with Crippen molar-refractivity contribution in [3.8, 4) is 17.1 Å². The molecule has 1 aromatic heterocycles. The number of hydrogen-bond donors (Lipinski definition) is 1. The van der Waals surface area contributed by atoms with E-state index >= 15 is 0 Å². The van der Waals surface area contributed by atoms with E-state index in [4.69, 9.17) is 10.5 Å². The predicted octanol–water partition coefficient (Wildman–Crippen LogP) is 3.00. The zero-order valence-corrected chi connectivity index (χ0v) is 11.6. The molecule has 0 aliphatic rings. The monoisotopic (exact) mass is 257 g/mol. The van der Waals surface area contributed by atoms with E-state index in [0.29, 0.717) is 11.6 Å². The van der Waals surface area contributed by atoms with Gasteiger partial charge in [-0.25, -0.2) is 9.97 Å². The molecule has 4 heteroatoms. The number of rotatable bonds is 4. The van der Waals surface area contributed by atoms with Crippen LogP contribution >= 0.6 is 0 Å². The van der Waals surface area contributed by atoms with Gasteiger partial charge in [0.15, 0.2) is 5.82 Å². The summed E-state index contributed by atoms with van der Waals surface area (Å²) in [6.45, 7) is 4.14. The number of aryl methyl sites for hydroxylation is 2. The second-order valence-electron chi connectivity index (χ2n) is 4.56. The molecule has 0 aliphatic carbocycles. The van der Waals surface area contributed by atoms with Crippen LogP contribution in [0.5, 0.6) is 5.75 Å². The molecule has 0 amide bonds. The minimum Gasteiger partial charge on any atom is -0.496 e. The zero-order valence-electron chi connectivity index (χ0n) is 11.6. The average molecular weight is 257 g/mol. The third-order valence-corrected chi connectivity index (χ3v) is 2.90. The Labute approximate surface area is 113 Å². The molecule has 2 aromatic rings. The Bertz CT molecular complexity index is 582. The maximum absolute atomic E-state index is 5.86. The number of hydrogen-bond acceptors (Lipinski definition) is 4. The van der Waals surface area contributed by atoms with Crippen LogP contribution in [0.1, 0.15) is 24.6 Å². The van der Waals surface area contributed by atoms with Gasteiger partial charge in [-0.3, -0.25) is 0 Å². The van der Waals surface area contributed by atoms with Crippen molar-refractivity contribution in [1.82, 2.24) is 9.97 Å². The SMILES string of the molecule is CCCc1cc(N)nc(-c2ccc(C)cc2OC)n1. The molecule has 0 aliphatic heterocycles. The fourth-order valence-corrected chi connectivity index (χ4v) is 2.01. The first-order valence-electron chi connectivity index (χ1n) is 6.42. The van der Waals surface area contributed by atoms with Crippen LogP contribution in [0.3, 0.4) is 0 Å². The number of nitrogens with zero attached hydrogens (tertiary/aromatic N) is 2. The molecule has 4 nitrogen and oxygen atoms in total. The van der Waals surface area contributed by atoms with Crippen molar-refractivity contribution in [1.29, 1.82) is 0 Å². The standard InChI is InChI=1S/C15H19N3O/c1-4-5-11-9-14(16)18-15(17-11)12-7-6-10(2)8-13(12)19-3/h6-9H,4-5H2,1-3H3,(H2,16,17,18). The lowest BCUT2D eigenvalue weighted by Gasteiger charge is -2.10. The summed E-state index contributed by atoms with van der Waals surface area (Å²) in [7, 11) is 1.65. The summed E-state index contributed by atoms with van der Waals surface area (Å²) in [5.74, 6) is 1.89. The first-order valence-corrected chi connectivity index (χ1v) is 6.42. The van der Waals surface area contributed by atoms with Crippen LogP contribution in [0.2, 0.25) is 0 Å². The van der Waals surface area contributed by atoms with Gasteiger partial charge in [-0.15, -0.1) is 0 Å². The van der Waals surface area contributed by atoms with Crippen LogP contribution in [0.4, 0.5) is 5.82 Å². The summed E-state index contributed by atoms with van der Waals surface area (Å²) in [4.78, 5) is 8.87. The van der Waals surface area contributed by atoms with Crippen LogP contribution in [-0.4, -0.2) is 17.1 Å². The Kier molecular flexibility index (Phi) is 4.00. The Balaban J connectivity index is 2.51. The second-order valence-corrected chi connectivity index (χ2v) is 4.56. The molecule has 1 aromatic carbocycles. The summed E-state index contributed by atoms with van der Waals surface area (Å²) >= 11 is 0. The number of nitrogen functional groups attached to an aromatic ring is 1. The fourth-order valence-electron chi connectivity index (χ4n) is 2.01. The van der Waals surface area contributed by atoms with Crippen LogP contribution in [-0.2, 0) is 6.42 Å². The zero-order chi connectivity index (χ0) is 13.8. The number of ether oxygens (including phenoxy) is 1. The topological polar surface area (TPSA) is 61.0 Å². The number of methoxy groups -OCH3 is 1. The van der Waals surface area contributed by atoms with Gasteiger partial charge in [0.25, 0.3) is 0 Å². The van der Waals surface area contributed by atoms with Crippen LogP contribution < -0.4 is 10.5 Å². The second kappa shape index (κ2) is 5.69. The van der Waals surface area contributed by atoms with Crippen molar-refractivity contribution in [2.75, 3.05) is 12.8 Å². The van der Waals surface area contributed by atoms with Gasteiger partial charge in [0.05, 0.1) is 12.7 Å². The highest BCUT2D eigenvalue weighted by molar-refractivity contribution is 5.66. The van der Waals surface area contributed by atoms with E-state index < -0.39 is 0 Å². The molecule has 19 heavy (non-hydrogen) atoms. The molecule has 0 bridgehead atoms. The lowest BCUT2D eigenvalue weighted by molar-refractivity contribution is 0.416. The first kappa shape index (κ1) is 13.3. The van der Waals surface area contributed by atoms with Crippen molar-refractivity contribution < 1.29 is 4.74 Å². The summed E-state index contributed by atoms with van der Waals surface area (Å²) in [6.07, 6.45) is 1.93. The molecule has 100 valence electrons. The molecule has 2 rings (SSSR count). The van der Waals surface area contributed by atoms with E-state index in [-0.39, 0.29) is 0 Å². The number of aromatic nitrogens is 2. The van der Waals surface area contributed by atoms with Crippen LogP contribution in [0, 0.1) is 6.92 Å². The molecule has 2 N–H and O–H groups in total. The Morgan fingerprint density at radius 1 is 1.21 bits per heavy atom. The van der Waals surface area contributed by atoms with Crippen molar-refractivity contribution in [2.45, 2.75) is 26.7 Å². The van der Waals surface area contributed by atoms with Crippen LogP contribution in [0.15, 0.2) is 24.3 Å². The third kappa shape index (κ3) is 3.02. The van der Waals surface area contributed by atoms with Crippen molar-refractivity contribution in [2.24, 2.45) is 0 Å². The van der Waals surface area contributed by atoms with Gasteiger partial charge in [-0.1, -0.05) is 19.4 Å². The molecular formula is C15H19N3O. The fraction of sp³-hybridized carbons (Fsp3) is 0.333. The van der Waals surface area contributed by atoms with Crippen LogP contribution in [0.25, 0.3) is 11.4 Å². The highest BCUT2D eigenvalue weighted by atomic mass is 16.5. The summed E-state index contributed by atoms with van der Waals surface area (Å²) in [6, 6.07) is 7.79. The number of benzene rings is 1. The first-order chi connectivity index (χ1) is 9.13.